The second-order valence-electron chi connectivity index (χ2n) is 8.53. The summed E-state index contributed by atoms with van der Waals surface area (Å²) < 4.78 is 5.78. The summed E-state index contributed by atoms with van der Waals surface area (Å²) in [5, 5.41) is 2.86. The van der Waals surface area contributed by atoms with Gasteiger partial charge in [0, 0.05) is 24.3 Å². The summed E-state index contributed by atoms with van der Waals surface area (Å²) in [6, 6.07) is 14.9. The van der Waals surface area contributed by atoms with Crippen molar-refractivity contribution in [2.75, 3.05) is 18.4 Å². The first-order valence-corrected chi connectivity index (χ1v) is 10.8. The van der Waals surface area contributed by atoms with Crippen LogP contribution in [0.4, 0.5) is 5.69 Å². The summed E-state index contributed by atoms with van der Waals surface area (Å²) in [4.78, 5) is 27.3. The molecule has 0 radical (unpaired) electrons. The van der Waals surface area contributed by atoms with Gasteiger partial charge < -0.3 is 15.0 Å². The summed E-state index contributed by atoms with van der Waals surface area (Å²) >= 11 is 0. The van der Waals surface area contributed by atoms with Gasteiger partial charge in [-0.3, -0.25) is 9.59 Å². The molecule has 0 saturated carbocycles. The Labute approximate surface area is 179 Å². The SMILES string of the molecule is CC1CCN(C(=O)c2cccc(NC(=O)C(C)Oc3ccc(C(C)C)cc3)c2)CC1. The first-order valence-electron chi connectivity index (χ1n) is 10.8. The van der Waals surface area contributed by atoms with Crippen molar-refractivity contribution in [3.63, 3.8) is 0 Å². The molecule has 0 spiro atoms. The Morgan fingerprint density at radius 2 is 1.70 bits per heavy atom. The highest BCUT2D eigenvalue weighted by atomic mass is 16.5. The van der Waals surface area contributed by atoms with Gasteiger partial charge >= 0.3 is 0 Å². The Morgan fingerprint density at radius 3 is 2.33 bits per heavy atom. The molecule has 5 heteroatoms. The molecule has 160 valence electrons. The van der Waals surface area contributed by atoms with Crippen molar-refractivity contribution in [3.8, 4) is 5.75 Å². The normalized spacial score (nSPS) is 15.7. The van der Waals surface area contributed by atoms with Gasteiger partial charge in [0.2, 0.25) is 0 Å². The van der Waals surface area contributed by atoms with Crippen molar-refractivity contribution in [2.45, 2.75) is 52.6 Å². The first kappa shape index (κ1) is 21.9. The van der Waals surface area contributed by atoms with E-state index in [-0.39, 0.29) is 11.8 Å². The number of nitrogens with zero attached hydrogens (tertiary/aromatic N) is 1. The molecule has 0 aromatic heterocycles. The molecular weight excluding hydrogens is 376 g/mol. The van der Waals surface area contributed by atoms with Crippen molar-refractivity contribution in [1.82, 2.24) is 4.90 Å². The highest BCUT2D eigenvalue weighted by Gasteiger charge is 2.22. The Bertz CT molecular complexity index is 868. The van der Waals surface area contributed by atoms with E-state index < -0.39 is 6.10 Å². The molecule has 1 unspecified atom stereocenters. The average molecular weight is 409 g/mol. The number of hydrogen-bond donors (Lipinski definition) is 1. The first-order chi connectivity index (χ1) is 14.3. The van der Waals surface area contributed by atoms with Crippen molar-refractivity contribution in [3.05, 3.63) is 59.7 Å². The summed E-state index contributed by atoms with van der Waals surface area (Å²) in [7, 11) is 0. The number of piperidine rings is 1. The molecule has 1 atom stereocenters. The number of anilines is 1. The molecule has 1 N–H and O–H groups in total. The number of benzene rings is 2. The van der Waals surface area contributed by atoms with E-state index in [0.717, 1.165) is 25.9 Å². The summed E-state index contributed by atoms with van der Waals surface area (Å²) in [5.41, 5.74) is 2.42. The number of carbonyl (C=O) groups excluding carboxylic acids is 2. The van der Waals surface area contributed by atoms with Gasteiger partial charge in [-0.15, -0.1) is 0 Å². The molecule has 1 heterocycles. The minimum atomic E-state index is -0.655. The Kier molecular flexibility index (Phi) is 7.14. The van der Waals surface area contributed by atoms with Gasteiger partial charge in [-0.2, -0.15) is 0 Å². The van der Waals surface area contributed by atoms with Crippen molar-refractivity contribution < 1.29 is 14.3 Å². The fourth-order valence-electron chi connectivity index (χ4n) is 3.56. The van der Waals surface area contributed by atoms with Crippen LogP contribution in [0.25, 0.3) is 0 Å². The summed E-state index contributed by atoms with van der Waals surface area (Å²) in [6.45, 7) is 9.79. The van der Waals surface area contributed by atoms with Gasteiger partial charge in [0.1, 0.15) is 5.75 Å². The maximum Gasteiger partial charge on any atom is 0.265 e. The van der Waals surface area contributed by atoms with E-state index >= 15 is 0 Å². The summed E-state index contributed by atoms with van der Waals surface area (Å²) in [5.74, 6) is 1.54. The zero-order valence-corrected chi connectivity index (χ0v) is 18.4. The lowest BCUT2D eigenvalue weighted by Gasteiger charge is -2.30. The molecule has 0 bridgehead atoms. The van der Waals surface area contributed by atoms with Crippen molar-refractivity contribution >= 4 is 17.5 Å². The lowest BCUT2D eigenvalue weighted by molar-refractivity contribution is -0.122. The molecule has 2 aromatic carbocycles. The van der Waals surface area contributed by atoms with Crippen LogP contribution in [0.2, 0.25) is 0 Å². The van der Waals surface area contributed by atoms with Crippen LogP contribution in [-0.2, 0) is 4.79 Å². The number of rotatable bonds is 6. The Hall–Kier alpha value is -2.82. The van der Waals surface area contributed by atoms with E-state index in [0.29, 0.717) is 28.8 Å². The molecule has 1 aliphatic rings. The van der Waals surface area contributed by atoms with Crippen LogP contribution in [0.3, 0.4) is 0 Å². The Morgan fingerprint density at radius 1 is 1.03 bits per heavy atom. The maximum atomic E-state index is 12.8. The lowest BCUT2D eigenvalue weighted by Crippen LogP contribution is -2.38. The third kappa shape index (κ3) is 5.62. The van der Waals surface area contributed by atoms with E-state index in [1.54, 1.807) is 31.2 Å². The van der Waals surface area contributed by atoms with E-state index in [1.807, 2.05) is 29.2 Å². The number of amides is 2. The van der Waals surface area contributed by atoms with Crippen LogP contribution >= 0.6 is 0 Å². The maximum absolute atomic E-state index is 12.8. The van der Waals surface area contributed by atoms with Gasteiger partial charge in [0.05, 0.1) is 0 Å². The van der Waals surface area contributed by atoms with Crippen molar-refractivity contribution in [1.29, 1.82) is 0 Å². The molecule has 1 saturated heterocycles. The average Bonchev–Trinajstić information content (AvgIpc) is 2.74. The zero-order chi connectivity index (χ0) is 21.7. The minimum Gasteiger partial charge on any atom is -0.481 e. The monoisotopic (exact) mass is 408 g/mol. The van der Waals surface area contributed by atoms with Crippen molar-refractivity contribution in [2.24, 2.45) is 5.92 Å². The number of hydrogen-bond acceptors (Lipinski definition) is 3. The van der Waals surface area contributed by atoms with E-state index in [2.05, 4.69) is 26.1 Å². The van der Waals surface area contributed by atoms with Gasteiger partial charge in [-0.1, -0.05) is 39.0 Å². The van der Waals surface area contributed by atoms with Crippen LogP contribution in [0.15, 0.2) is 48.5 Å². The second-order valence-corrected chi connectivity index (χ2v) is 8.53. The fraction of sp³-hybridized carbons (Fsp3) is 0.440. The lowest BCUT2D eigenvalue weighted by atomic mass is 9.98. The molecule has 1 fully saturated rings. The molecule has 2 amide bonds. The van der Waals surface area contributed by atoms with E-state index in [1.165, 1.54) is 5.56 Å². The minimum absolute atomic E-state index is 0.0209. The van der Waals surface area contributed by atoms with Gasteiger partial charge in [0.25, 0.3) is 11.8 Å². The van der Waals surface area contributed by atoms with Crippen LogP contribution in [0, 0.1) is 5.92 Å². The molecule has 1 aliphatic heterocycles. The number of carbonyl (C=O) groups is 2. The molecule has 3 rings (SSSR count). The number of likely N-dealkylation sites (tertiary alicyclic amines) is 1. The molecule has 30 heavy (non-hydrogen) atoms. The predicted octanol–water partition coefficient (Wildman–Crippen LogP) is 5.09. The highest BCUT2D eigenvalue weighted by Crippen LogP contribution is 2.21. The quantitative estimate of drug-likeness (QED) is 0.724. The molecule has 5 nitrogen and oxygen atoms in total. The number of nitrogens with one attached hydrogen (secondary N) is 1. The smallest absolute Gasteiger partial charge is 0.265 e. The predicted molar refractivity (Wildman–Crippen MR) is 120 cm³/mol. The van der Waals surface area contributed by atoms with Crippen LogP contribution in [0.5, 0.6) is 5.75 Å². The molecule has 2 aromatic rings. The van der Waals surface area contributed by atoms with E-state index in [9.17, 15) is 9.59 Å². The number of ether oxygens (including phenoxy) is 1. The van der Waals surface area contributed by atoms with Crippen LogP contribution < -0.4 is 10.1 Å². The third-order valence-corrected chi connectivity index (χ3v) is 5.68. The van der Waals surface area contributed by atoms with Gasteiger partial charge in [-0.25, -0.2) is 0 Å². The van der Waals surface area contributed by atoms with Crippen LogP contribution in [-0.4, -0.2) is 35.9 Å². The van der Waals surface area contributed by atoms with Gasteiger partial charge in [-0.05, 0) is 67.5 Å². The second kappa shape index (κ2) is 9.79. The summed E-state index contributed by atoms with van der Waals surface area (Å²) in [6.07, 6.45) is 1.42. The fourth-order valence-corrected chi connectivity index (χ4v) is 3.56. The topological polar surface area (TPSA) is 58.6 Å². The Balaban J connectivity index is 1.59. The standard InChI is InChI=1S/C25H32N2O3/c1-17(2)20-8-10-23(11-9-20)30-19(4)24(28)26-22-7-5-6-21(16-22)25(29)27-14-12-18(3)13-15-27/h5-11,16-19H,12-15H2,1-4H3,(H,26,28). The third-order valence-electron chi connectivity index (χ3n) is 5.68. The molecule has 0 aliphatic carbocycles. The van der Waals surface area contributed by atoms with E-state index in [4.69, 9.17) is 4.74 Å². The molecular formula is C25H32N2O3. The van der Waals surface area contributed by atoms with Crippen LogP contribution in [0.1, 0.15) is 62.4 Å². The highest BCUT2D eigenvalue weighted by molar-refractivity contribution is 5.98. The largest absolute Gasteiger partial charge is 0.481 e. The zero-order valence-electron chi connectivity index (χ0n) is 18.4. The van der Waals surface area contributed by atoms with Gasteiger partial charge in [0.15, 0.2) is 6.10 Å².